The number of aromatic nitrogens is 4. The van der Waals surface area contributed by atoms with Gasteiger partial charge in [-0.3, -0.25) is 4.79 Å². The van der Waals surface area contributed by atoms with E-state index >= 15 is 0 Å². The molecule has 1 aliphatic rings. The third-order valence-electron chi connectivity index (χ3n) is 5.90. The van der Waals surface area contributed by atoms with Crippen molar-refractivity contribution >= 4 is 28.4 Å². The van der Waals surface area contributed by atoms with E-state index < -0.39 is 0 Å². The van der Waals surface area contributed by atoms with Crippen molar-refractivity contribution in [3.05, 3.63) is 48.5 Å². The first kappa shape index (κ1) is 20.2. The van der Waals surface area contributed by atoms with Crippen LogP contribution in [0.3, 0.4) is 0 Å². The van der Waals surface area contributed by atoms with Crippen molar-refractivity contribution in [1.29, 1.82) is 0 Å². The van der Waals surface area contributed by atoms with Crippen LogP contribution in [0.15, 0.2) is 48.5 Å². The number of carbonyl (C=O) groups is 1. The lowest BCUT2D eigenvalue weighted by atomic mass is 9.95. The molecule has 0 atom stereocenters. The summed E-state index contributed by atoms with van der Waals surface area (Å²) in [5.74, 6) is 1.82. The Morgan fingerprint density at radius 2 is 1.84 bits per heavy atom. The van der Waals surface area contributed by atoms with Gasteiger partial charge in [0.2, 0.25) is 11.9 Å². The topological polar surface area (TPSA) is 93.4 Å². The fourth-order valence-electron chi connectivity index (χ4n) is 4.22. The van der Waals surface area contributed by atoms with Crippen molar-refractivity contribution in [3.8, 4) is 17.1 Å². The van der Waals surface area contributed by atoms with Gasteiger partial charge in [-0.1, -0.05) is 31.4 Å². The summed E-state index contributed by atoms with van der Waals surface area (Å²) in [5.41, 5.74) is 2.36. The van der Waals surface area contributed by atoms with Crippen molar-refractivity contribution in [1.82, 2.24) is 24.9 Å². The third-order valence-corrected chi connectivity index (χ3v) is 5.90. The highest BCUT2D eigenvalue weighted by molar-refractivity contribution is 5.93. The number of anilines is 1. The van der Waals surface area contributed by atoms with Crippen LogP contribution in [0.5, 0.6) is 5.75 Å². The molecule has 0 spiro atoms. The summed E-state index contributed by atoms with van der Waals surface area (Å²) in [6.07, 6.45) is 5.72. The molecule has 8 nitrogen and oxygen atoms in total. The van der Waals surface area contributed by atoms with Crippen LogP contribution < -0.4 is 15.4 Å². The maximum Gasteiger partial charge on any atom is 0.239 e. The molecule has 164 valence electrons. The molecule has 1 amide bonds. The minimum atomic E-state index is -0.0319. The number of hydrogen-bond donors (Lipinski definition) is 2. The molecule has 0 bridgehead atoms. The number of benzene rings is 2. The number of fused-ring (bicyclic) bond motifs is 3. The normalized spacial score (nSPS) is 14.5. The summed E-state index contributed by atoms with van der Waals surface area (Å²) in [5, 5.41) is 11.9. The second-order valence-corrected chi connectivity index (χ2v) is 8.11. The number of amides is 1. The quantitative estimate of drug-likeness (QED) is 0.483. The Hall–Kier alpha value is -3.68. The van der Waals surface area contributed by atoms with Crippen LogP contribution in [0.1, 0.15) is 32.1 Å². The average Bonchev–Trinajstić information content (AvgIpc) is 3.29. The molecule has 2 heterocycles. The molecule has 0 saturated heterocycles. The van der Waals surface area contributed by atoms with Gasteiger partial charge < -0.3 is 15.4 Å². The number of nitrogens with one attached hydrogen (secondary N) is 2. The molecular weight excluding hydrogens is 404 g/mol. The molecule has 5 rings (SSSR count). The zero-order chi connectivity index (χ0) is 21.9. The van der Waals surface area contributed by atoms with E-state index in [-0.39, 0.29) is 18.5 Å². The Morgan fingerprint density at radius 3 is 2.62 bits per heavy atom. The lowest BCUT2D eigenvalue weighted by molar-refractivity contribution is -0.120. The average molecular weight is 431 g/mol. The van der Waals surface area contributed by atoms with E-state index in [9.17, 15) is 4.79 Å². The van der Waals surface area contributed by atoms with Gasteiger partial charge in [0.1, 0.15) is 5.75 Å². The first-order chi connectivity index (χ1) is 15.7. The summed E-state index contributed by atoms with van der Waals surface area (Å²) in [6.45, 7) is 0.134. The Morgan fingerprint density at radius 1 is 1.06 bits per heavy atom. The number of para-hydroxylation sites is 1. The molecule has 0 radical (unpaired) electrons. The molecule has 8 heteroatoms. The van der Waals surface area contributed by atoms with Crippen molar-refractivity contribution < 1.29 is 9.53 Å². The van der Waals surface area contributed by atoms with E-state index in [2.05, 4.69) is 10.6 Å². The number of hydrogen-bond acceptors (Lipinski definition) is 6. The predicted molar refractivity (Wildman–Crippen MR) is 124 cm³/mol. The minimum absolute atomic E-state index is 0.0319. The summed E-state index contributed by atoms with van der Waals surface area (Å²) in [4.78, 5) is 22.0. The number of rotatable bonds is 6. The van der Waals surface area contributed by atoms with Crippen molar-refractivity contribution in [2.45, 2.75) is 38.1 Å². The van der Waals surface area contributed by atoms with Gasteiger partial charge in [-0.25, -0.2) is 9.97 Å². The van der Waals surface area contributed by atoms with E-state index in [0.717, 1.165) is 35.1 Å². The number of ether oxygens (including phenoxy) is 1. The maximum absolute atomic E-state index is 12.5. The first-order valence-electron chi connectivity index (χ1n) is 11.0. The highest BCUT2D eigenvalue weighted by atomic mass is 16.5. The van der Waals surface area contributed by atoms with Crippen LogP contribution in [0.4, 0.5) is 5.95 Å². The van der Waals surface area contributed by atoms with Crippen LogP contribution in [-0.4, -0.2) is 45.2 Å². The van der Waals surface area contributed by atoms with Gasteiger partial charge in [-0.15, -0.1) is 5.10 Å². The number of methoxy groups -OCH3 is 1. The Labute approximate surface area is 186 Å². The third kappa shape index (κ3) is 4.08. The van der Waals surface area contributed by atoms with E-state index in [1.165, 1.54) is 19.3 Å². The van der Waals surface area contributed by atoms with Crippen molar-refractivity contribution in [3.63, 3.8) is 0 Å². The fourth-order valence-corrected chi connectivity index (χ4v) is 4.22. The summed E-state index contributed by atoms with van der Waals surface area (Å²) in [6, 6.07) is 15.7. The van der Waals surface area contributed by atoms with Gasteiger partial charge in [0, 0.05) is 17.0 Å². The molecule has 2 aromatic carbocycles. The molecule has 1 saturated carbocycles. The smallest absolute Gasteiger partial charge is 0.239 e. The zero-order valence-electron chi connectivity index (χ0n) is 18.0. The van der Waals surface area contributed by atoms with Gasteiger partial charge in [-0.05, 0) is 49.2 Å². The van der Waals surface area contributed by atoms with Gasteiger partial charge in [-0.2, -0.15) is 4.52 Å². The molecule has 0 unspecified atom stereocenters. The summed E-state index contributed by atoms with van der Waals surface area (Å²) >= 11 is 0. The largest absolute Gasteiger partial charge is 0.497 e. The summed E-state index contributed by atoms with van der Waals surface area (Å²) < 4.78 is 6.92. The molecule has 2 aromatic heterocycles. The van der Waals surface area contributed by atoms with Crippen LogP contribution in [0.25, 0.3) is 27.9 Å². The van der Waals surface area contributed by atoms with E-state index in [0.29, 0.717) is 17.4 Å². The highest BCUT2D eigenvalue weighted by Gasteiger charge is 2.18. The molecular formula is C24H26N6O2. The Kier molecular flexibility index (Phi) is 5.58. The molecule has 1 fully saturated rings. The maximum atomic E-state index is 12.5. The number of carbonyl (C=O) groups excluding carboxylic acids is 1. The fraction of sp³-hybridized carbons (Fsp3) is 0.333. The standard InChI is InChI=1S/C24H26N6O2/c1-32-18-13-11-16(12-14-18)22-28-23-19-9-5-6-10-20(19)27-24(30(23)29-22)25-15-21(31)26-17-7-3-2-4-8-17/h5-6,9-14,17H,2-4,7-8,15H2,1H3,(H,25,27)(H,26,31). The Bertz CT molecular complexity index is 1240. The van der Waals surface area contributed by atoms with E-state index in [1.807, 2.05) is 48.5 Å². The van der Waals surface area contributed by atoms with Gasteiger partial charge >= 0.3 is 0 Å². The van der Waals surface area contributed by atoms with Gasteiger partial charge in [0.25, 0.3) is 0 Å². The predicted octanol–water partition coefficient (Wildman–Crippen LogP) is 3.81. The van der Waals surface area contributed by atoms with Gasteiger partial charge in [0.15, 0.2) is 11.5 Å². The summed E-state index contributed by atoms with van der Waals surface area (Å²) in [7, 11) is 1.64. The van der Waals surface area contributed by atoms with Crippen LogP contribution in [0, 0.1) is 0 Å². The molecule has 4 aromatic rings. The van der Waals surface area contributed by atoms with E-state index in [1.54, 1.807) is 11.6 Å². The highest BCUT2D eigenvalue weighted by Crippen LogP contribution is 2.25. The lowest BCUT2D eigenvalue weighted by Crippen LogP contribution is -2.39. The second-order valence-electron chi connectivity index (χ2n) is 8.11. The van der Waals surface area contributed by atoms with Gasteiger partial charge in [0.05, 0.1) is 19.2 Å². The SMILES string of the molecule is COc1ccc(-c2nc3c4ccccc4nc(NCC(=O)NC4CCCCC4)n3n2)cc1. The van der Waals surface area contributed by atoms with Crippen molar-refractivity contribution in [2.24, 2.45) is 0 Å². The lowest BCUT2D eigenvalue weighted by Gasteiger charge is -2.22. The first-order valence-corrected chi connectivity index (χ1v) is 11.0. The van der Waals surface area contributed by atoms with Crippen LogP contribution in [0.2, 0.25) is 0 Å². The molecule has 1 aliphatic carbocycles. The molecule has 2 N–H and O–H groups in total. The van der Waals surface area contributed by atoms with Crippen LogP contribution in [-0.2, 0) is 4.79 Å². The van der Waals surface area contributed by atoms with E-state index in [4.69, 9.17) is 19.8 Å². The zero-order valence-corrected chi connectivity index (χ0v) is 18.0. The minimum Gasteiger partial charge on any atom is -0.497 e. The second kappa shape index (κ2) is 8.82. The monoisotopic (exact) mass is 430 g/mol. The molecule has 0 aliphatic heterocycles. The number of nitrogens with zero attached hydrogens (tertiary/aromatic N) is 4. The molecule has 32 heavy (non-hydrogen) atoms. The van der Waals surface area contributed by atoms with Crippen molar-refractivity contribution in [2.75, 3.05) is 19.0 Å². The van der Waals surface area contributed by atoms with Crippen LogP contribution >= 0.6 is 0 Å². The Balaban J connectivity index is 1.45.